The van der Waals surface area contributed by atoms with E-state index in [-0.39, 0.29) is 22.5 Å². The van der Waals surface area contributed by atoms with Crippen molar-refractivity contribution in [2.24, 2.45) is 12.5 Å². The summed E-state index contributed by atoms with van der Waals surface area (Å²) in [5, 5.41) is 3.04. The molecule has 3 rings (SSSR count). The van der Waals surface area contributed by atoms with Gasteiger partial charge in [0.05, 0.1) is 6.33 Å². The van der Waals surface area contributed by atoms with Crippen molar-refractivity contribution in [2.45, 2.75) is 19.0 Å². The van der Waals surface area contributed by atoms with Crippen LogP contribution in [-0.4, -0.2) is 64.8 Å². The van der Waals surface area contributed by atoms with Crippen LogP contribution in [0.2, 0.25) is 0 Å². The van der Waals surface area contributed by atoms with Crippen LogP contribution in [0.15, 0.2) is 6.33 Å². The molecule has 0 radical (unpaired) electrons. The standard InChI is InChI=1S/C16H23F3N6O/c1-24(2)9-15(4-6-26-7-5-15)8-20-14-22-12(16(17,18)19)11-13(23-14)25(3)10-21-11/h10H,4-9H2,1-3H3,(H,20,22,23). The summed E-state index contributed by atoms with van der Waals surface area (Å²) in [6.45, 7) is 2.58. The molecule has 0 bridgehead atoms. The highest BCUT2D eigenvalue weighted by Crippen LogP contribution is 2.34. The van der Waals surface area contributed by atoms with E-state index in [1.807, 2.05) is 14.1 Å². The molecule has 144 valence electrons. The van der Waals surface area contributed by atoms with Crippen molar-refractivity contribution >= 4 is 17.1 Å². The Morgan fingerprint density at radius 1 is 1.27 bits per heavy atom. The van der Waals surface area contributed by atoms with E-state index in [2.05, 4.69) is 25.2 Å². The van der Waals surface area contributed by atoms with Gasteiger partial charge in [-0.1, -0.05) is 0 Å². The van der Waals surface area contributed by atoms with Gasteiger partial charge in [-0.25, -0.2) is 9.97 Å². The average Bonchev–Trinajstić information content (AvgIpc) is 2.93. The Kier molecular flexibility index (Phi) is 5.07. The summed E-state index contributed by atoms with van der Waals surface area (Å²) in [6, 6.07) is 0. The first-order valence-electron chi connectivity index (χ1n) is 8.43. The van der Waals surface area contributed by atoms with E-state index >= 15 is 0 Å². The minimum Gasteiger partial charge on any atom is -0.381 e. The molecule has 10 heteroatoms. The van der Waals surface area contributed by atoms with Crippen LogP contribution in [0.3, 0.4) is 0 Å². The number of hydrogen-bond donors (Lipinski definition) is 1. The second kappa shape index (κ2) is 6.99. The summed E-state index contributed by atoms with van der Waals surface area (Å²) >= 11 is 0. The Morgan fingerprint density at radius 3 is 2.58 bits per heavy atom. The molecule has 0 amide bonds. The Labute approximate surface area is 149 Å². The number of aromatic nitrogens is 4. The van der Waals surface area contributed by atoms with Gasteiger partial charge >= 0.3 is 6.18 Å². The average molecular weight is 372 g/mol. The van der Waals surface area contributed by atoms with Crippen molar-refractivity contribution in [1.82, 2.24) is 24.4 Å². The van der Waals surface area contributed by atoms with E-state index in [0.717, 1.165) is 19.4 Å². The van der Waals surface area contributed by atoms with Crippen molar-refractivity contribution in [1.29, 1.82) is 0 Å². The maximum atomic E-state index is 13.4. The second-order valence-corrected chi connectivity index (χ2v) is 7.12. The van der Waals surface area contributed by atoms with Crippen LogP contribution in [0.5, 0.6) is 0 Å². The molecule has 0 atom stereocenters. The number of aryl methyl sites for hydroxylation is 1. The first kappa shape index (κ1) is 18.8. The number of nitrogens with one attached hydrogen (secondary N) is 1. The lowest BCUT2D eigenvalue weighted by molar-refractivity contribution is -0.139. The van der Waals surface area contributed by atoms with Gasteiger partial charge in [0.2, 0.25) is 5.95 Å². The van der Waals surface area contributed by atoms with E-state index < -0.39 is 11.9 Å². The zero-order valence-corrected chi connectivity index (χ0v) is 15.1. The highest BCUT2D eigenvalue weighted by molar-refractivity contribution is 5.75. The van der Waals surface area contributed by atoms with Gasteiger partial charge in [0, 0.05) is 38.8 Å². The molecule has 7 nitrogen and oxygen atoms in total. The SMILES string of the molecule is CN(C)CC1(CNc2nc(C(F)(F)F)c3ncn(C)c3n2)CCOCC1. The minimum atomic E-state index is -4.59. The molecular weight excluding hydrogens is 349 g/mol. The molecule has 3 heterocycles. The van der Waals surface area contributed by atoms with Crippen LogP contribution >= 0.6 is 0 Å². The van der Waals surface area contributed by atoms with Crippen LogP contribution in [0.25, 0.3) is 11.2 Å². The van der Waals surface area contributed by atoms with E-state index in [1.165, 1.54) is 10.9 Å². The molecule has 1 saturated heterocycles. The van der Waals surface area contributed by atoms with E-state index in [1.54, 1.807) is 7.05 Å². The van der Waals surface area contributed by atoms with Crippen LogP contribution in [-0.2, 0) is 18.0 Å². The third-order valence-electron chi connectivity index (χ3n) is 4.65. The number of rotatable bonds is 5. The van der Waals surface area contributed by atoms with Gasteiger partial charge in [0.25, 0.3) is 0 Å². The van der Waals surface area contributed by atoms with Crippen molar-refractivity contribution < 1.29 is 17.9 Å². The van der Waals surface area contributed by atoms with Gasteiger partial charge in [-0.3, -0.25) is 0 Å². The quantitative estimate of drug-likeness (QED) is 0.868. The zero-order valence-electron chi connectivity index (χ0n) is 15.1. The fourth-order valence-electron chi connectivity index (χ4n) is 3.42. The van der Waals surface area contributed by atoms with Crippen LogP contribution in [0.4, 0.5) is 19.1 Å². The third-order valence-corrected chi connectivity index (χ3v) is 4.65. The second-order valence-electron chi connectivity index (χ2n) is 7.12. The van der Waals surface area contributed by atoms with Gasteiger partial charge in [0.1, 0.15) is 5.52 Å². The monoisotopic (exact) mass is 372 g/mol. The van der Waals surface area contributed by atoms with Crippen LogP contribution in [0, 0.1) is 5.41 Å². The zero-order chi connectivity index (χ0) is 18.9. The van der Waals surface area contributed by atoms with Crippen molar-refractivity contribution in [3.8, 4) is 0 Å². The predicted octanol–water partition coefficient (Wildman–Crippen LogP) is 2.15. The third kappa shape index (κ3) is 3.90. The number of alkyl halides is 3. The number of hydrogen-bond acceptors (Lipinski definition) is 6. The topological polar surface area (TPSA) is 68.1 Å². The fourth-order valence-corrected chi connectivity index (χ4v) is 3.42. The first-order chi connectivity index (χ1) is 12.2. The highest BCUT2D eigenvalue weighted by atomic mass is 19.4. The molecule has 1 aliphatic rings. The summed E-state index contributed by atoms with van der Waals surface area (Å²) < 4.78 is 47.0. The molecule has 1 N–H and O–H groups in total. The molecule has 0 unspecified atom stereocenters. The molecule has 2 aromatic heterocycles. The Balaban J connectivity index is 1.89. The van der Waals surface area contributed by atoms with Crippen molar-refractivity contribution in [2.75, 3.05) is 45.7 Å². The molecule has 0 saturated carbocycles. The van der Waals surface area contributed by atoms with E-state index in [9.17, 15) is 13.2 Å². The summed E-state index contributed by atoms with van der Waals surface area (Å²) in [5.74, 6) is -0.0296. The Morgan fingerprint density at radius 2 is 1.96 bits per heavy atom. The first-order valence-corrected chi connectivity index (χ1v) is 8.43. The molecule has 1 fully saturated rings. The Bertz CT molecular complexity index is 767. The van der Waals surface area contributed by atoms with Crippen molar-refractivity contribution in [3.05, 3.63) is 12.0 Å². The molecule has 2 aromatic rings. The Hall–Kier alpha value is -1.94. The molecule has 26 heavy (non-hydrogen) atoms. The number of anilines is 1. The predicted molar refractivity (Wildman–Crippen MR) is 90.8 cm³/mol. The van der Waals surface area contributed by atoms with Gasteiger partial charge in [-0.15, -0.1) is 0 Å². The lowest BCUT2D eigenvalue weighted by atomic mass is 9.79. The van der Waals surface area contributed by atoms with Gasteiger partial charge in [-0.2, -0.15) is 18.2 Å². The number of halogens is 3. The molecule has 1 aliphatic heterocycles. The van der Waals surface area contributed by atoms with Gasteiger partial charge in [0.15, 0.2) is 11.3 Å². The fraction of sp³-hybridized carbons (Fsp3) is 0.688. The molecular formula is C16H23F3N6O. The normalized spacial score (nSPS) is 17.8. The number of imidazole rings is 1. The molecule has 0 aromatic carbocycles. The largest absolute Gasteiger partial charge is 0.435 e. The van der Waals surface area contributed by atoms with Gasteiger partial charge < -0.3 is 19.5 Å². The molecule has 0 spiro atoms. The van der Waals surface area contributed by atoms with E-state index in [4.69, 9.17) is 4.74 Å². The minimum absolute atomic E-state index is 0.0296. The summed E-state index contributed by atoms with van der Waals surface area (Å²) in [4.78, 5) is 13.8. The summed E-state index contributed by atoms with van der Waals surface area (Å²) in [6.07, 6.45) is -1.62. The lowest BCUT2D eigenvalue weighted by Crippen LogP contribution is -2.43. The summed E-state index contributed by atoms with van der Waals surface area (Å²) in [5.41, 5.74) is -1.19. The number of fused-ring (bicyclic) bond motifs is 1. The maximum absolute atomic E-state index is 13.4. The lowest BCUT2D eigenvalue weighted by Gasteiger charge is -2.39. The number of ether oxygens (including phenoxy) is 1. The van der Waals surface area contributed by atoms with Gasteiger partial charge in [-0.05, 0) is 26.9 Å². The highest BCUT2D eigenvalue weighted by Gasteiger charge is 2.38. The molecule has 0 aliphatic carbocycles. The smallest absolute Gasteiger partial charge is 0.381 e. The maximum Gasteiger partial charge on any atom is 0.435 e. The summed E-state index contributed by atoms with van der Waals surface area (Å²) in [7, 11) is 5.58. The van der Waals surface area contributed by atoms with E-state index in [0.29, 0.717) is 19.8 Å². The van der Waals surface area contributed by atoms with Crippen LogP contribution < -0.4 is 5.32 Å². The van der Waals surface area contributed by atoms with Crippen LogP contribution in [0.1, 0.15) is 18.5 Å². The number of nitrogens with zero attached hydrogens (tertiary/aromatic N) is 5. The van der Waals surface area contributed by atoms with Crippen molar-refractivity contribution in [3.63, 3.8) is 0 Å².